The largest absolute Gasteiger partial charge is 0.478 e. The van der Waals surface area contributed by atoms with Crippen LogP contribution in [-0.2, 0) is 13.0 Å². The molecule has 3 aromatic carbocycles. The lowest BCUT2D eigenvalue weighted by Gasteiger charge is -2.11. The monoisotopic (exact) mass is 479 g/mol. The number of carboxylic acids is 1. The second-order valence-corrected chi connectivity index (χ2v) is 8.97. The van der Waals surface area contributed by atoms with Gasteiger partial charge in [-0.15, -0.1) is 10.2 Å². The molecule has 0 aliphatic rings. The van der Waals surface area contributed by atoms with Crippen LogP contribution in [0.2, 0.25) is 0 Å². The first kappa shape index (κ1) is 23.1. The summed E-state index contributed by atoms with van der Waals surface area (Å²) in [4.78, 5) is 16.1. The van der Waals surface area contributed by atoms with Crippen molar-refractivity contribution in [1.82, 2.24) is 35.4 Å². The highest BCUT2D eigenvalue weighted by Gasteiger charge is 2.17. The number of aromatic amines is 1. The van der Waals surface area contributed by atoms with E-state index in [4.69, 9.17) is 10.1 Å². The molecule has 0 fully saturated rings. The van der Waals surface area contributed by atoms with Gasteiger partial charge in [-0.25, -0.2) is 14.5 Å². The van der Waals surface area contributed by atoms with Crippen molar-refractivity contribution in [3.05, 3.63) is 89.7 Å². The number of hydrogen-bond donors (Lipinski definition) is 2. The van der Waals surface area contributed by atoms with E-state index in [9.17, 15) is 9.90 Å². The van der Waals surface area contributed by atoms with Crippen LogP contribution in [0.4, 0.5) is 0 Å². The average molecular weight is 480 g/mol. The molecule has 0 amide bonds. The van der Waals surface area contributed by atoms with E-state index in [0.717, 1.165) is 40.1 Å². The summed E-state index contributed by atoms with van der Waals surface area (Å²) in [6.07, 6.45) is 0.744. The number of hydrogen-bond acceptors (Lipinski definition) is 6. The quantitative estimate of drug-likeness (QED) is 0.330. The van der Waals surface area contributed by atoms with Gasteiger partial charge in [0.2, 0.25) is 5.82 Å². The van der Waals surface area contributed by atoms with Crippen LogP contribution in [0.15, 0.2) is 72.8 Å². The van der Waals surface area contributed by atoms with E-state index in [1.165, 1.54) is 0 Å². The minimum atomic E-state index is -0.962. The summed E-state index contributed by atoms with van der Waals surface area (Å²) < 4.78 is 1.87. The summed E-state index contributed by atoms with van der Waals surface area (Å²) in [7, 11) is 0. The first-order valence-corrected chi connectivity index (χ1v) is 11.7. The Kier molecular flexibility index (Phi) is 6.36. The molecule has 5 rings (SSSR count). The molecule has 5 aromatic rings. The van der Waals surface area contributed by atoms with Crippen LogP contribution >= 0.6 is 0 Å². The van der Waals surface area contributed by atoms with Crippen molar-refractivity contribution in [3.63, 3.8) is 0 Å². The number of carbonyl (C=O) groups is 1. The van der Waals surface area contributed by atoms with Crippen LogP contribution in [0.3, 0.4) is 0 Å². The zero-order valence-electron chi connectivity index (χ0n) is 20.0. The molecule has 0 saturated heterocycles. The number of rotatable bonds is 8. The van der Waals surface area contributed by atoms with Crippen molar-refractivity contribution < 1.29 is 9.90 Å². The Morgan fingerprint density at radius 3 is 2.42 bits per heavy atom. The van der Waals surface area contributed by atoms with Crippen LogP contribution in [0.25, 0.3) is 33.9 Å². The van der Waals surface area contributed by atoms with E-state index in [0.29, 0.717) is 24.1 Å². The summed E-state index contributed by atoms with van der Waals surface area (Å²) in [5.41, 5.74) is 4.96. The Hall–Kier alpha value is -4.66. The van der Waals surface area contributed by atoms with Crippen molar-refractivity contribution in [2.45, 2.75) is 26.8 Å². The number of nitrogens with zero attached hydrogens (tertiary/aromatic N) is 6. The van der Waals surface area contributed by atoms with Gasteiger partial charge in [0, 0.05) is 17.5 Å². The number of aromatic nitrogens is 7. The number of tetrazole rings is 1. The van der Waals surface area contributed by atoms with Gasteiger partial charge in [0.05, 0.1) is 12.1 Å². The summed E-state index contributed by atoms with van der Waals surface area (Å²) in [5.74, 6) is 1.39. The fourth-order valence-electron chi connectivity index (χ4n) is 4.12. The summed E-state index contributed by atoms with van der Waals surface area (Å²) in [6, 6.07) is 23.0. The lowest BCUT2D eigenvalue weighted by atomic mass is 9.97. The highest BCUT2D eigenvalue weighted by molar-refractivity contribution is 5.88. The first-order valence-electron chi connectivity index (χ1n) is 11.7. The molecule has 0 unspecified atom stereocenters. The van der Waals surface area contributed by atoms with Crippen LogP contribution in [-0.4, -0.2) is 46.5 Å². The topological polar surface area (TPSA) is 122 Å². The van der Waals surface area contributed by atoms with Crippen molar-refractivity contribution in [2.75, 3.05) is 0 Å². The van der Waals surface area contributed by atoms with Gasteiger partial charge in [-0.05, 0) is 46.0 Å². The molecule has 9 nitrogen and oxygen atoms in total. The van der Waals surface area contributed by atoms with Crippen molar-refractivity contribution in [1.29, 1.82) is 0 Å². The Balaban J connectivity index is 1.55. The Morgan fingerprint density at radius 2 is 1.75 bits per heavy atom. The lowest BCUT2D eigenvalue weighted by molar-refractivity contribution is 0.0697. The number of H-pyrrole nitrogens is 1. The Bertz CT molecular complexity index is 1470. The number of carboxylic acid groups (broad SMARTS) is 1. The second kappa shape index (κ2) is 9.91. The summed E-state index contributed by atoms with van der Waals surface area (Å²) >= 11 is 0. The molecule has 0 radical (unpaired) electrons. The van der Waals surface area contributed by atoms with Crippen molar-refractivity contribution in [3.8, 4) is 33.9 Å². The van der Waals surface area contributed by atoms with Gasteiger partial charge in [-0.3, -0.25) is 0 Å². The molecule has 2 aromatic heterocycles. The highest BCUT2D eigenvalue weighted by atomic mass is 16.4. The SMILES string of the molecule is CC(C)Cc1nc(-c2ccc(C(=O)O)cc2)n(Cc2ccc(-c3ccccc3)c(-c3nn[nH]n3)c2)n1. The predicted molar refractivity (Wildman–Crippen MR) is 135 cm³/mol. The third kappa shape index (κ3) is 4.90. The molecule has 36 heavy (non-hydrogen) atoms. The fourth-order valence-corrected chi connectivity index (χ4v) is 4.12. The first-order chi connectivity index (χ1) is 17.5. The van der Waals surface area contributed by atoms with Crippen LogP contribution < -0.4 is 0 Å². The van der Waals surface area contributed by atoms with E-state index in [-0.39, 0.29) is 5.56 Å². The second-order valence-electron chi connectivity index (χ2n) is 8.97. The molecule has 0 atom stereocenters. The van der Waals surface area contributed by atoms with Gasteiger partial charge in [-0.2, -0.15) is 10.3 Å². The third-order valence-corrected chi connectivity index (χ3v) is 5.78. The third-order valence-electron chi connectivity index (χ3n) is 5.78. The molecular weight excluding hydrogens is 454 g/mol. The molecule has 180 valence electrons. The molecule has 9 heteroatoms. The van der Waals surface area contributed by atoms with E-state index in [1.807, 2.05) is 41.1 Å². The van der Waals surface area contributed by atoms with E-state index in [2.05, 4.69) is 46.6 Å². The number of nitrogens with one attached hydrogen (secondary N) is 1. The van der Waals surface area contributed by atoms with Crippen molar-refractivity contribution in [2.24, 2.45) is 5.92 Å². The standard InChI is InChI=1S/C27H25N7O2/c1-17(2)14-24-28-26(20-9-11-21(12-10-20)27(35)36)34(31-24)16-18-8-13-22(19-6-4-3-5-7-19)23(15-18)25-29-32-33-30-25/h3-13,15,17H,14,16H2,1-2H3,(H,35,36)(H,29,30,32,33). The Labute approximate surface area is 207 Å². The maximum atomic E-state index is 11.3. The molecular formula is C27H25N7O2. The Morgan fingerprint density at radius 1 is 0.972 bits per heavy atom. The zero-order valence-corrected chi connectivity index (χ0v) is 20.0. The lowest BCUT2D eigenvalue weighted by Crippen LogP contribution is -2.06. The average Bonchev–Trinajstić information content (AvgIpc) is 3.55. The highest BCUT2D eigenvalue weighted by Crippen LogP contribution is 2.31. The van der Waals surface area contributed by atoms with Crippen LogP contribution in [0.1, 0.15) is 35.6 Å². The summed E-state index contributed by atoms with van der Waals surface area (Å²) in [5, 5.41) is 28.8. The van der Waals surface area contributed by atoms with Gasteiger partial charge in [-0.1, -0.05) is 68.4 Å². The molecule has 2 N–H and O–H groups in total. The summed E-state index contributed by atoms with van der Waals surface area (Å²) in [6.45, 7) is 4.73. The maximum Gasteiger partial charge on any atom is 0.335 e. The minimum absolute atomic E-state index is 0.230. The van der Waals surface area contributed by atoms with E-state index in [1.54, 1.807) is 24.3 Å². The zero-order chi connectivity index (χ0) is 25.1. The minimum Gasteiger partial charge on any atom is -0.478 e. The number of benzene rings is 3. The van der Waals surface area contributed by atoms with E-state index >= 15 is 0 Å². The van der Waals surface area contributed by atoms with Crippen LogP contribution in [0, 0.1) is 5.92 Å². The van der Waals surface area contributed by atoms with Gasteiger partial charge in [0.1, 0.15) is 0 Å². The molecule has 0 spiro atoms. The fraction of sp³-hybridized carbons (Fsp3) is 0.185. The molecule has 0 aliphatic carbocycles. The van der Waals surface area contributed by atoms with Gasteiger partial charge >= 0.3 is 5.97 Å². The normalized spacial score (nSPS) is 11.2. The van der Waals surface area contributed by atoms with Crippen LogP contribution in [0.5, 0.6) is 0 Å². The maximum absolute atomic E-state index is 11.3. The predicted octanol–water partition coefficient (Wildman–Crippen LogP) is 4.74. The van der Waals surface area contributed by atoms with Crippen molar-refractivity contribution >= 4 is 5.97 Å². The van der Waals surface area contributed by atoms with Gasteiger partial charge in [0.15, 0.2) is 11.6 Å². The molecule has 2 heterocycles. The molecule has 0 aliphatic heterocycles. The number of aromatic carboxylic acids is 1. The van der Waals surface area contributed by atoms with E-state index < -0.39 is 5.97 Å². The molecule has 0 bridgehead atoms. The van der Waals surface area contributed by atoms with Gasteiger partial charge in [0.25, 0.3) is 0 Å². The smallest absolute Gasteiger partial charge is 0.335 e. The molecule has 0 saturated carbocycles. The van der Waals surface area contributed by atoms with Gasteiger partial charge < -0.3 is 5.11 Å².